The highest BCUT2D eigenvalue weighted by molar-refractivity contribution is 7.07. The second-order valence-electron chi connectivity index (χ2n) is 3.84. The van der Waals surface area contributed by atoms with Crippen LogP contribution in [0.25, 0.3) is 0 Å². The molecule has 0 aromatic rings. The van der Waals surface area contributed by atoms with Crippen LogP contribution in [-0.2, 0) is 0 Å². The summed E-state index contributed by atoms with van der Waals surface area (Å²) in [5, 5.41) is 0. The highest BCUT2D eigenvalue weighted by Crippen LogP contribution is 2.18. The van der Waals surface area contributed by atoms with E-state index >= 15 is 0 Å². The van der Waals surface area contributed by atoms with Crippen LogP contribution in [0.3, 0.4) is 0 Å². The van der Waals surface area contributed by atoms with Crippen LogP contribution in [-0.4, -0.2) is 8.11 Å². The second kappa shape index (κ2) is 8.83. The van der Waals surface area contributed by atoms with E-state index in [0.29, 0.717) is 0 Å². The summed E-state index contributed by atoms with van der Waals surface area (Å²) in [4.78, 5) is 0. The molecule has 0 aromatic carbocycles. The van der Waals surface area contributed by atoms with Gasteiger partial charge < -0.3 is 0 Å². The summed E-state index contributed by atoms with van der Waals surface area (Å²) in [5.41, 5.74) is 0.722. The summed E-state index contributed by atoms with van der Waals surface area (Å²) in [6.45, 7) is 8.18. The van der Waals surface area contributed by atoms with Gasteiger partial charge in [-0.3, -0.25) is 0 Å². The van der Waals surface area contributed by atoms with Crippen molar-refractivity contribution in [2.45, 2.75) is 57.5 Å². The van der Waals surface area contributed by atoms with Crippen molar-refractivity contribution in [1.29, 1.82) is 0 Å². The second-order valence-corrected chi connectivity index (χ2v) is 7.85. The molecule has 0 bridgehead atoms. The van der Waals surface area contributed by atoms with Gasteiger partial charge in [-0.05, 0) is 24.4 Å². The van der Waals surface area contributed by atoms with E-state index in [2.05, 4.69) is 20.4 Å². The Morgan fingerprint density at radius 3 is 2.38 bits per heavy atom. The fraction of sp³-hybridized carbons (Fsp3) is 0.818. The average Bonchev–Trinajstić information content (AvgIpc) is 2.10. The van der Waals surface area contributed by atoms with Gasteiger partial charge in [-0.15, -0.1) is 6.58 Å². The van der Waals surface area contributed by atoms with E-state index in [4.69, 9.17) is 11.1 Å². The summed E-state index contributed by atoms with van der Waals surface area (Å²) in [6, 6.07) is 1.28. The molecule has 1 radical (unpaired) electrons. The molecule has 0 aliphatic carbocycles. The molecule has 0 heterocycles. The van der Waals surface area contributed by atoms with Gasteiger partial charge in [0.05, 0.1) is 0 Å². The minimum atomic E-state index is -0.547. The van der Waals surface area contributed by atoms with Gasteiger partial charge in [-0.25, -0.2) is 0 Å². The number of hydrogen-bond acceptors (Lipinski definition) is 0. The van der Waals surface area contributed by atoms with E-state index in [-0.39, 0.29) is 0 Å². The molecular weight excluding hydrogens is 196 g/mol. The van der Waals surface area contributed by atoms with Crippen molar-refractivity contribution in [3.63, 3.8) is 0 Å². The van der Waals surface area contributed by atoms with E-state index in [1.54, 1.807) is 0 Å². The minimum Gasteiger partial charge on any atom is -0.169 e. The molecule has 77 valence electrons. The summed E-state index contributed by atoms with van der Waals surface area (Å²) in [5.74, 6) is 0. The first-order valence-corrected chi connectivity index (χ1v) is 8.10. The van der Waals surface area contributed by atoms with Crippen LogP contribution in [0.15, 0.2) is 12.7 Å². The third kappa shape index (κ3) is 8.57. The summed E-state index contributed by atoms with van der Waals surface area (Å²) < 4.78 is 0. The Kier molecular flexibility index (Phi) is 9.00. The highest BCUT2D eigenvalue weighted by Gasteiger charge is 2.11. The Morgan fingerprint density at radius 2 is 1.85 bits per heavy atom. The number of allylic oxidation sites excluding steroid dienone is 1. The van der Waals surface area contributed by atoms with Crippen LogP contribution in [0.5, 0.6) is 0 Å². The molecule has 0 aromatic heterocycles. The number of rotatable bonds is 8. The van der Waals surface area contributed by atoms with Crippen molar-refractivity contribution in [2.24, 2.45) is 0 Å². The van der Waals surface area contributed by atoms with E-state index in [1.165, 1.54) is 38.1 Å². The van der Waals surface area contributed by atoms with Crippen molar-refractivity contribution in [3.8, 4) is 0 Å². The molecule has 0 N–H and O–H groups in total. The van der Waals surface area contributed by atoms with Gasteiger partial charge in [0.15, 0.2) is 8.11 Å². The van der Waals surface area contributed by atoms with E-state index in [0.717, 1.165) is 5.54 Å². The standard InChI is InChI=1S/C11H22ClSi/c1-4-5-6-7-8-9-10-13(12)11(2)3/h4,11H,1,5-10H2,2-3H3. The predicted octanol–water partition coefficient (Wildman–Crippen LogP) is 4.76. The molecule has 0 saturated carbocycles. The lowest BCUT2D eigenvalue weighted by Crippen LogP contribution is -2.07. The van der Waals surface area contributed by atoms with Gasteiger partial charge in [0.2, 0.25) is 0 Å². The van der Waals surface area contributed by atoms with Crippen LogP contribution >= 0.6 is 11.1 Å². The fourth-order valence-corrected chi connectivity index (χ4v) is 2.79. The minimum absolute atomic E-state index is 0.547. The number of hydrogen-bond donors (Lipinski definition) is 0. The molecule has 0 nitrogen and oxygen atoms in total. The maximum Gasteiger partial charge on any atom is 0.168 e. The molecular formula is C11H22ClSi. The van der Waals surface area contributed by atoms with Crippen molar-refractivity contribution in [2.75, 3.05) is 0 Å². The fourth-order valence-electron chi connectivity index (χ4n) is 1.22. The Hall–Kier alpha value is 0.247. The normalized spacial score (nSPS) is 11.2. The molecule has 0 rings (SSSR count). The van der Waals surface area contributed by atoms with Gasteiger partial charge in [0.25, 0.3) is 0 Å². The summed E-state index contributed by atoms with van der Waals surface area (Å²) in [6.07, 6.45) is 8.49. The zero-order valence-corrected chi connectivity index (χ0v) is 10.7. The monoisotopic (exact) mass is 217 g/mol. The van der Waals surface area contributed by atoms with Gasteiger partial charge in [-0.2, -0.15) is 11.1 Å². The molecule has 0 aliphatic rings. The molecule has 0 aliphatic heterocycles. The zero-order chi connectivity index (χ0) is 10.1. The molecule has 0 unspecified atom stereocenters. The Labute approximate surface area is 89.7 Å². The lowest BCUT2D eigenvalue weighted by Gasteiger charge is -2.09. The lowest BCUT2D eigenvalue weighted by atomic mass is 10.1. The van der Waals surface area contributed by atoms with Crippen LogP contribution in [0.2, 0.25) is 11.6 Å². The van der Waals surface area contributed by atoms with Crippen LogP contribution < -0.4 is 0 Å². The van der Waals surface area contributed by atoms with Crippen molar-refractivity contribution in [3.05, 3.63) is 12.7 Å². The van der Waals surface area contributed by atoms with E-state index in [1.807, 2.05) is 6.08 Å². The van der Waals surface area contributed by atoms with Crippen molar-refractivity contribution in [1.82, 2.24) is 0 Å². The topological polar surface area (TPSA) is 0 Å². The molecule has 0 atom stereocenters. The lowest BCUT2D eigenvalue weighted by molar-refractivity contribution is 0.671. The van der Waals surface area contributed by atoms with Crippen molar-refractivity contribution < 1.29 is 0 Å². The third-order valence-electron chi connectivity index (χ3n) is 2.20. The maximum absolute atomic E-state index is 6.24. The largest absolute Gasteiger partial charge is 0.169 e. The third-order valence-corrected chi connectivity index (χ3v) is 6.16. The molecule has 0 saturated heterocycles. The Morgan fingerprint density at radius 1 is 1.23 bits per heavy atom. The Balaban J connectivity index is 3.11. The van der Waals surface area contributed by atoms with Gasteiger partial charge in [-0.1, -0.05) is 39.2 Å². The predicted molar refractivity (Wildman–Crippen MR) is 64.8 cm³/mol. The maximum atomic E-state index is 6.24. The van der Waals surface area contributed by atoms with E-state index < -0.39 is 8.11 Å². The highest BCUT2D eigenvalue weighted by atomic mass is 35.6. The SMILES string of the molecule is C=CCCCCCC[Si](Cl)C(C)C. The Bertz CT molecular complexity index is 123. The average molecular weight is 218 g/mol. The first-order valence-electron chi connectivity index (χ1n) is 5.30. The molecule has 0 fully saturated rings. The van der Waals surface area contributed by atoms with Crippen LogP contribution in [0.1, 0.15) is 46.0 Å². The van der Waals surface area contributed by atoms with Gasteiger partial charge >= 0.3 is 0 Å². The molecule has 2 heteroatoms. The van der Waals surface area contributed by atoms with Crippen molar-refractivity contribution >= 4 is 19.2 Å². The first kappa shape index (κ1) is 13.2. The number of unbranched alkanes of at least 4 members (excludes halogenated alkanes) is 4. The van der Waals surface area contributed by atoms with Gasteiger partial charge in [0, 0.05) is 0 Å². The number of halogens is 1. The van der Waals surface area contributed by atoms with Gasteiger partial charge in [0.1, 0.15) is 0 Å². The molecule has 0 spiro atoms. The van der Waals surface area contributed by atoms with Crippen LogP contribution in [0, 0.1) is 0 Å². The molecule has 13 heavy (non-hydrogen) atoms. The first-order chi connectivity index (χ1) is 6.18. The quantitative estimate of drug-likeness (QED) is 0.238. The summed E-state index contributed by atoms with van der Waals surface area (Å²) in [7, 11) is -0.547. The van der Waals surface area contributed by atoms with E-state index in [9.17, 15) is 0 Å². The zero-order valence-electron chi connectivity index (χ0n) is 8.98. The molecule has 0 amide bonds. The summed E-state index contributed by atoms with van der Waals surface area (Å²) >= 11 is 6.24. The van der Waals surface area contributed by atoms with Crippen LogP contribution in [0.4, 0.5) is 0 Å². The smallest absolute Gasteiger partial charge is 0.168 e.